The molecule has 20 heavy (non-hydrogen) atoms. The van der Waals surface area contributed by atoms with Crippen molar-refractivity contribution < 1.29 is 4.79 Å². The molecular weight excluding hydrogens is 342 g/mol. The molecule has 0 heterocycles. The first kappa shape index (κ1) is 15.3. The number of amides is 1. The molecule has 0 aliphatic heterocycles. The van der Waals surface area contributed by atoms with E-state index in [1.165, 1.54) is 18.2 Å². The largest absolute Gasteiger partial charge is 0.399 e. The summed E-state index contributed by atoms with van der Waals surface area (Å²) in [6.07, 6.45) is 0. The minimum atomic E-state index is -0.464. The summed E-state index contributed by atoms with van der Waals surface area (Å²) in [6, 6.07) is 7.62. The fourth-order valence-corrected chi connectivity index (χ4v) is 2.43. The number of nitrogen functional groups attached to an aromatic ring is 1. The van der Waals surface area contributed by atoms with E-state index in [1.54, 1.807) is 12.1 Å². The second-order valence-corrected chi connectivity index (χ2v) is 5.57. The highest BCUT2D eigenvalue weighted by molar-refractivity contribution is 6.44. The zero-order valence-electron chi connectivity index (χ0n) is 9.88. The first-order chi connectivity index (χ1) is 9.38. The third kappa shape index (κ3) is 3.30. The van der Waals surface area contributed by atoms with Gasteiger partial charge in [0.25, 0.3) is 5.91 Å². The van der Waals surface area contributed by atoms with E-state index in [9.17, 15) is 4.79 Å². The van der Waals surface area contributed by atoms with Crippen LogP contribution in [0.15, 0.2) is 30.3 Å². The molecule has 7 heteroatoms. The third-order valence-corrected chi connectivity index (χ3v) is 3.82. The predicted molar refractivity (Wildman–Crippen MR) is 85.3 cm³/mol. The van der Waals surface area contributed by atoms with Crippen LogP contribution in [0.4, 0.5) is 11.4 Å². The summed E-state index contributed by atoms with van der Waals surface area (Å²) >= 11 is 23.6. The van der Waals surface area contributed by atoms with Crippen molar-refractivity contribution in [1.29, 1.82) is 0 Å². The summed E-state index contributed by atoms with van der Waals surface area (Å²) in [5, 5.41) is 3.74. The van der Waals surface area contributed by atoms with Crippen molar-refractivity contribution in [3.8, 4) is 0 Å². The van der Waals surface area contributed by atoms with Gasteiger partial charge in [0.1, 0.15) is 0 Å². The fourth-order valence-electron chi connectivity index (χ4n) is 1.56. The van der Waals surface area contributed by atoms with Gasteiger partial charge in [-0.1, -0.05) is 46.4 Å². The van der Waals surface area contributed by atoms with Crippen LogP contribution in [0.3, 0.4) is 0 Å². The van der Waals surface area contributed by atoms with Gasteiger partial charge in [0, 0.05) is 10.7 Å². The normalized spacial score (nSPS) is 10.4. The highest BCUT2D eigenvalue weighted by Gasteiger charge is 2.15. The quantitative estimate of drug-likeness (QED) is 0.738. The summed E-state index contributed by atoms with van der Waals surface area (Å²) in [6.45, 7) is 0. The molecule has 0 fully saturated rings. The summed E-state index contributed by atoms with van der Waals surface area (Å²) in [5.41, 5.74) is 6.56. The van der Waals surface area contributed by atoms with Crippen LogP contribution in [0.5, 0.6) is 0 Å². The van der Waals surface area contributed by atoms with Crippen molar-refractivity contribution in [2.45, 2.75) is 0 Å². The molecule has 0 aliphatic carbocycles. The Morgan fingerprint density at radius 1 is 1.00 bits per heavy atom. The molecule has 0 radical (unpaired) electrons. The van der Waals surface area contributed by atoms with Crippen molar-refractivity contribution in [3.05, 3.63) is 56.0 Å². The van der Waals surface area contributed by atoms with E-state index in [0.717, 1.165) is 0 Å². The average molecular weight is 350 g/mol. The maximum atomic E-state index is 12.2. The van der Waals surface area contributed by atoms with E-state index in [4.69, 9.17) is 52.1 Å². The van der Waals surface area contributed by atoms with Crippen LogP contribution in [0.1, 0.15) is 10.4 Å². The minimum Gasteiger partial charge on any atom is -0.399 e. The number of anilines is 2. The topological polar surface area (TPSA) is 55.1 Å². The number of nitrogens with one attached hydrogen (secondary N) is 1. The van der Waals surface area contributed by atoms with Crippen LogP contribution in [0.25, 0.3) is 0 Å². The second-order valence-electron chi connectivity index (χ2n) is 3.94. The molecule has 0 aromatic heterocycles. The van der Waals surface area contributed by atoms with Gasteiger partial charge in [-0.3, -0.25) is 4.79 Å². The van der Waals surface area contributed by atoms with Gasteiger partial charge in [-0.2, -0.15) is 0 Å². The van der Waals surface area contributed by atoms with Crippen LogP contribution in [-0.4, -0.2) is 5.91 Å². The lowest BCUT2D eigenvalue weighted by Gasteiger charge is -2.10. The zero-order chi connectivity index (χ0) is 14.9. The lowest BCUT2D eigenvalue weighted by molar-refractivity contribution is 0.102. The molecule has 3 N–H and O–H groups in total. The number of hydrogen-bond acceptors (Lipinski definition) is 2. The second kappa shape index (κ2) is 6.10. The van der Waals surface area contributed by atoms with E-state index >= 15 is 0 Å². The van der Waals surface area contributed by atoms with E-state index < -0.39 is 5.91 Å². The van der Waals surface area contributed by atoms with Crippen molar-refractivity contribution in [2.24, 2.45) is 0 Å². The molecule has 3 nitrogen and oxygen atoms in total. The van der Waals surface area contributed by atoms with Gasteiger partial charge in [-0.15, -0.1) is 0 Å². The summed E-state index contributed by atoms with van der Waals surface area (Å²) in [4.78, 5) is 12.2. The predicted octanol–water partition coefficient (Wildman–Crippen LogP) is 5.13. The van der Waals surface area contributed by atoms with Gasteiger partial charge in [-0.05, 0) is 30.3 Å². The van der Waals surface area contributed by atoms with Crippen LogP contribution in [0.2, 0.25) is 20.1 Å². The Balaban J connectivity index is 2.33. The van der Waals surface area contributed by atoms with Crippen LogP contribution < -0.4 is 11.1 Å². The maximum Gasteiger partial charge on any atom is 0.257 e. The molecule has 0 saturated carbocycles. The molecule has 1 amide bonds. The Labute approximate surface area is 135 Å². The molecule has 2 rings (SSSR count). The number of carbonyl (C=O) groups excluding carboxylic acids is 1. The van der Waals surface area contributed by atoms with Crippen molar-refractivity contribution in [3.63, 3.8) is 0 Å². The molecule has 0 spiro atoms. The summed E-state index contributed by atoms with van der Waals surface area (Å²) in [5.74, 6) is -0.464. The lowest BCUT2D eigenvalue weighted by Crippen LogP contribution is -2.13. The van der Waals surface area contributed by atoms with Gasteiger partial charge in [0.2, 0.25) is 0 Å². The summed E-state index contributed by atoms with van der Waals surface area (Å²) in [7, 11) is 0. The Morgan fingerprint density at radius 2 is 1.70 bits per heavy atom. The number of hydrogen-bond donors (Lipinski definition) is 2. The highest BCUT2D eigenvalue weighted by atomic mass is 35.5. The zero-order valence-corrected chi connectivity index (χ0v) is 12.9. The Kier molecular flexibility index (Phi) is 4.66. The average Bonchev–Trinajstić information content (AvgIpc) is 2.37. The first-order valence-electron chi connectivity index (χ1n) is 5.39. The Morgan fingerprint density at radius 3 is 2.35 bits per heavy atom. The number of halogens is 4. The van der Waals surface area contributed by atoms with Gasteiger partial charge < -0.3 is 11.1 Å². The molecule has 2 aromatic carbocycles. The highest BCUT2D eigenvalue weighted by Crippen LogP contribution is 2.31. The van der Waals surface area contributed by atoms with E-state index in [-0.39, 0.29) is 15.6 Å². The minimum absolute atomic E-state index is 0.128. The van der Waals surface area contributed by atoms with Crippen LogP contribution >= 0.6 is 46.4 Å². The SMILES string of the molecule is Nc1cc(Cl)c(Cl)c(C(=O)Nc2ccc(Cl)cc2Cl)c1. The number of rotatable bonds is 2. The third-order valence-electron chi connectivity index (χ3n) is 2.47. The summed E-state index contributed by atoms with van der Waals surface area (Å²) < 4.78 is 0. The van der Waals surface area contributed by atoms with Crippen LogP contribution in [0, 0.1) is 0 Å². The molecule has 0 unspecified atom stereocenters. The number of benzene rings is 2. The molecule has 0 atom stereocenters. The van der Waals surface area contributed by atoms with Crippen molar-refractivity contribution in [2.75, 3.05) is 11.1 Å². The smallest absolute Gasteiger partial charge is 0.257 e. The standard InChI is InChI=1S/C13H8Cl4N2O/c14-6-1-2-11(9(15)3-6)19-13(20)8-4-7(18)5-10(16)12(8)17/h1-5H,18H2,(H,19,20). The van der Waals surface area contributed by atoms with Gasteiger partial charge >= 0.3 is 0 Å². The monoisotopic (exact) mass is 348 g/mol. The van der Waals surface area contributed by atoms with E-state index in [1.807, 2.05) is 0 Å². The molecule has 2 aromatic rings. The molecule has 0 bridgehead atoms. The van der Waals surface area contributed by atoms with Gasteiger partial charge in [-0.25, -0.2) is 0 Å². The number of nitrogens with two attached hydrogens (primary N) is 1. The molecule has 0 saturated heterocycles. The molecule has 0 aliphatic rings. The first-order valence-corrected chi connectivity index (χ1v) is 6.90. The van der Waals surface area contributed by atoms with Crippen molar-refractivity contribution in [1.82, 2.24) is 0 Å². The maximum absolute atomic E-state index is 12.2. The molecular formula is C13H8Cl4N2O. The van der Waals surface area contributed by atoms with E-state index in [2.05, 4.69) is 5.32 Å². The Bertz CT molecular complexity index is 688. The Hall–Kier alpha value is -1.13. The van der Waals surface area contributed by atoms with Gasteiger partial charge in [0.05, 0.1) is 26.3 Å². The van der Waals surface area contributed by atoms with Crippen LogP contribution in [-0.2, 0) is 0 Å². The van der Waals surface area contributed by atoms with E-state index in [0.29, 0.717) is 21.4 Å². The van der Waals surface area contributed by atoms with Crippen molar-refractivity contribution >= 4 is 63.7 Å². The lowest BCUT2D eigenvalue weighted by atomic mass is 10.2. The fraction of sp³-hybridized carbons (Fsp3) is 0. The number of carbonyl (C=O) groups is 1. The van der Waals surface area contributed by atoms with Gasteiger partial charge in [0.15, 0.2) is 0 Å². The molecule has 104 valence electrons.